The first kappa shape index (κ1) is 13.5. The number of benzene rings is 1. The van der Waals surface area contributed by atoms with Crippen molar-refractivity contribution in [3.63, 3.8) is 0 Å². The Labute approximate surface area is 113 Å². The summed E-state index contributed by atoms with van der Waals surface area (Å²) in [5, 5.41) is 1.61. The average Bonchev–Trinajstić information content (AvgIpc) is 2.75. The Bertz CT molecular complexity index is 468. The van der Waals surface area contributed by atoms with Crippen molar-refractivity contribution in [2.24, 2.45) is 0 Å². The van der Waals surface area contributed by atoms with Crippen LogP contribution in [0.25, 0.3) is 0 Å². The lowest BCUT2D eigenvalue weighted by molar-refractivity contribution is -0.128. The zero-order chi connectivity index (χ0) is 13.8. The number of hydrogen-bond acceptors (Lipinski definition) is 3. The van der Waals surface area contributed by atoms with Crippen LogP contribution in [0.15, 0.2) is 24.3 Å². The second-order valence-corrected chi connectivity index (χ2v) is 4.95. The molecule has 1 aromatic rings. The first-order valence-corrected chi connectivity index (χ1v) is 6.41. The smallest absolute Gasteiger partial charge is 0.265 e. The molecule has 0 bridgehead atoms. The van der Waals surface area contributed by atoms with Crippen molar-refractivity contribution in [2.45, 2.75) is 19.4 Å². The topological polar surface area (TPSA) is 52.7 Å². The number of hydrogen-bond donors (Lipinski definition) is 1. The molecule has 5 heteroatoms. The molecule has 19 heavy (non-hydrogen) atoms. The lowest BCUT2D eigenvalue weighted by atomic mass is 10.1. The number of carbonyl (C=O) groups excluding carboxylic acids is 2. The van der Waals surface area contributed by atoms with Gasteiger partial charge in [-0.25, -0.2) is 5.01 Å². The maximum atomic E-state index is 11.7. The van der Waals surface area contributed by atoms with Gasteiger partial charge in [-0.2, -0.15) is 0 Å². The van der Waals surface area contributed by atoms with E-state index in [0.29, 0.717) is 18.5 Å². The SMILES string of the molecule is CN(C)NC(=O)c1ccc(CN2CCCC2=O)cc1. The van der Waals surface area contributed by atoms with Crippen molar-refractivity contribution < 1.29 is 9.59 Å². The van der Waals surface area contributed by atoms with Crippen LogP contribution in [0.5, 0.6) is 0 Å². The molecule has 1 N–H and O–H groups in total. The highest BCUT2D eigenvalue weighted by atomic mass is 16.2. The molecule has 0 spiro atoms. The van der Waals surface area contributed by atoms with Crippen LogP contribution in [0.1, 0.15) is 28.8 Å². The van der Waals surface area contributed by atoms with Gasteiger partial charge in [-0.1, -0.05) is 12.1 Å². The molecule has 0 unspecified atom stereocenters. The normalized spacial score (nSPS) is 15.1. The van der Waals surface area contributed by atoms with Crippen molar-refractivity contribution in [3.8, 4) is 0 Å². The molecular formula is C14H19N3O2. The molecule has 2 amide bonds. The largest absolute Gasteiger partial charge is 0.338 e. The van der Waals surface area contributed by atoms with Crippen LogP contribution in [0, 0.1) is 0 Å². The van der Waals surface area contributed by atoms with Gasteiger partial charge < -0.3 is 4.90 Å². The van der Waals surface area contributed by atoms with E-state index in [0.717, 1.165) is 18.5 Å². The van der Waals surface area contributed by atoms with Gasteiger partial charge in [-0.3, -0.25) is 15.0 Å². The highest BCUT2D eigenvalue weighted by Crippen LogP contribution is 2.14. The summed E-state index contributed by atoms with van der Waals surface area (Å²) in [6.07, 6.45) is 1.60. The maximum absolute atomic E-state index is 11.7. The molecular weight excluding hydrogens is 242 g/mol. The molecule has 2 rings (SSSR count). The summed E-state index contributed by atoms with van der Waals surface area (Å²) in [6, 6.07) is 7.37. The predicted molar refractivity (Wildman–Crippen MR) is 72.2 cm³/mol. The number of nitrogens with one attached hydrogen (secondary N) is 1. The van der Waals surface area contributed by atoms with E-state index < -0.39 is 0 Å². The van der Waals surface area contributed by atoms with Crippen molar-refractivity contribution >= 4 is 11.8 Å². The Morgan fingerprint density at radius 2 is 2.00 bits per heavy atom. The fraction of sp³-hybridized carbons (Fsp3) is 0.429. The highest BCUT2D eigenvalue weighted by molar-refractivity contribution is 5.93. The van der Waals surface area contributed by atoms with Crippen LogP contribution >= 0.6 is 0 Å². The van der Waals surface area contributed by atoms with E-state index in [4.69, 9.17) is 0 Å². The van der Waals surface area contributed by atoms with Crippen LogP contribution in [-0.2, 0) is 11.3 Å². The van der Waals surface area contributed by atoms with Gasteiger partial charge in [-0.15, -0.1) is 0 Å². The molecule has 1 aromatic carbocycles. The number of carbonyl (C=O) groups is 2. The summed E-state index contributed by atoms with van der Waals surface area (Å²) in [7, 11) is 3.54. The first-order valence-electron chi connectivity index (χ1n) is 6.41. The average molecular weight is 261 g/mol. The Hall–Kier alpha value is -1.88. The molecule has 5 nitrogen and oxygen atoms in total. The molecule has 1 saturated heterocycles. The van der Waals surface area contributed by atoms with E-state index in [1.165, 1.54) is 0 Å². The molecule has 102 valence electrons. The van der Waals surface area contributed by atoms with Gasteiger partial charge in [0, 0.05) is 39.2 Å². The third kappa shape index (κ3) is 3.54. The highest BCUT2D eigenvalue weighted by Gasteiger charge is 2.19. The first-order chi connectivity index (χ1) is 9.06. The minimum Gasteiger partial charge on any atom is -0.338 e. The third-order valence-corrected chi connectivity index (χ3v) is 3.09. The second kappa shape index (κ2) is 5.84. The number of rotatable bonds is 4. The minimum atomic E-state index is -0.131. The van der Waals surface area contributed by atoms with Gasteiger partial charge in [-0.05, 0) is 24.1 Å². The van der Waals surface area contributed by atoms with Gasteiger partial charge in [0.05, 0.1) is 0 Å². The summed E-state index contributed by atoms with van der Waals surface area (Å²) in [6.45, 7) is 1.47. The van der Waals surface area contributed by atoms with Crippen LogP contribution in [0.4, 0.5) is 0 Å². The quantitative estimate of drug-likeness (QED) is 0.823. The van der Waals surface area contributed by atoms with E-state index >= 15 is 0 Å². The number of likely N-dealkylation sites (tertiary alicyclic amines) is 1. The minimum absolute atomic E-state index is 0.131. The maximum Gasteiger partial charge on any atom is 0.265 e. The van der Waals surface area contributed by atoms with Crippen molar-refractivity contribution in [2.75, 3.05) is 20.6 Å². The fourth-order valence-corrected chi connectivity index (χ4v) is 2.12. The van der Waals surface area contributed by atoms with Gasteiger partial charge in [0.2, 0.25) is 5.91 Å². The van der Waals surface area contributed by atoms with Crippen LogP contribution in [0.2, 0.25) is 0 Å². The van der Waals surface area contributed by atoms with E-state index in [2.05, 4.69) is 5.43 Å². The lowest BCUT2D eigenvalue weighted by Crippen LogP contribution is -2.36. The van der Waals surface area contributed by atoms with E-state index in [9.17, 15) is 9.59 Å². The Morgan fingerprint density at radius 1 is 1.32 bits per heavy atom. The Kier molecular flexibility index (Phi) is 4.16. The standard InChI is InChI=1S/C14H19N3O2/c1-16(2)15-14(19)12-7-5-11(6-8-12)10-17-9-3-4-13(17)18/h5-8H,3-4,9-10H2,1-2H3,(H,15,19). The zero-order valence-corrected chi connectivity index (χ0v) is 11.3. The number of nitrogens with zero attached hydrogens (tertiary/aromatic N) is 2. The van der Waals surface area contributed by atoms with Crippen molar-refractivity contribution in [1.29, 1.82) is 0 Å². The van der Waals surface area contributed by atoms with Crippen molar-refractivity contribution in [1.82, 2.24) is 15.3 Å². The van der Waals surface area contributed by atoms with E-state index in [1.807, 2.05) is 17.0 Å². The van der Waals surface area contributed by atoms with Gasteiger partial charge in [0.1, 0.15) is 0 Å². The van der Waals surface area contributed by atoms with Crippen LogP contribution in [-0.4, -0.2) is 42.4 Å². The molecule has 1 fully saturated rings. The van der Waals surface area contributed by atoms with Crippen molar-refractivity contribution in [3.05, 3.63) is 35.4 Å². The fourth-order valence-electron chi connectivity index (χ4n) is 2.12. The molecule has 0 atom stereocenters. The Balaban J connectivity index is 1.98. The second-order valence-electron chi connectivity index (χ2n) is 4.95. The number of amides is 2. The summed E-state index contributed by atoms with van der Waals surface area (Å²) in [5.74, 6) is 0.0863. The van der Waals surface area contributed by atoms with Gasteiger partial charge in [0.25, 0.3) is 5.91 Å². The summed E-state index contributed by atoms with van der Waals surface area (Å²) in [4.78, 5) is 25.1. The van der Waals surface area contributed by atoms with Crippen LogP contribution in [0.3, 0.4) is 0 Å². The molecule has 1 aliphatic rings. The molecule has 0 radical (unpaired) electrons. The van der Waals surface area contributed by atoms with Crippen LogP contribution < -0.4 is 5.43 Å². The monoisotopic (exact) mass is 261 g/mol. The summed E-state index contributed by atoms with van der Waals surface area (Å²) >= 11 is 0. The molecule has 1 heterocycles. The Morgan fingerprint density at radius 3 is 2.53 bits per heavy atom. The molecule has 0 saturated carbocycles. The predicted octanol–water partition coefficient (Wildman–Crippen LogP) is 1.02. The summed E-state index contributed by atoms with van der Waals surface area (Å²) in [5.41, 5.74) is 4.36. The molecule has 0 aliphatic carbocycles. The molecule has 1 aliphatic heterocycles. The number of hydrazine groups is 1. The van der Waals surface area contributed by atoms with E-state index in [1.54, 1.807) is 31.2 Å². The van der Waals surface area contributed by atoms with E-state index in [-0.39, 0.29) is 11.8 Å². The summed E-state index contributed by atoms with van der Waals surface area (Å²) < 4.78 is 0. The third-order valence-electron chi connectivity index (χ3n) is 3.09. The van der Waals surface area contributed by atoms with Gasteiger partial charge in [0.15, 0.2) is 0 Å². The zero-order valence-electron chi connectivity index (χ0n) is 11.3. The van der Waals surface area contributed by atoms with Gasteiger partial charge >= 0.3 is 0 Å². The molecule has 0 aromatic heterocycles. The lowest BCUT2D eigenvalue weighted by Gasteiger charge is -2.16.